The van der Waals surface area contributed by atoms with E-state index in [2.05, 4.69) is 15.0 Å². The molecule has 0 radical (unpaired) electrons. The molecule has 1 spiro atoms. The Labute approximate surface area is 147 Å². The highest BCUT2D eigenvalue weighted by Crippen LogP contribution is 2.54. The van der Waals surface area contributed by atoms with Crippen LogP contribution in [0.3, 0.4) is 0 Å². The molecule has 0 unspecified atom stereocenters. The molecule has 0 saturated heterocycles. The van der Waals surface area contributed by atoms with Crippen molar-refractivity contribution in [2.45, 2.75) is 12.0 Å². The number of ether oxygens (including phenoxy) is 3. The van der Waals surface area contributed by atoms with E-state index in [1.807, 2.05) is 0 Å². The largest absolute Gasteiger partial charge is 0.497 e. The summed E-state index contributed by atoms with van der Waals surface area (Å²) in [5.41, 5.74) is 14.8. The fourth-order valence-corrected chi connectivity index (χ4v) is 3.35. The Morgan fingerprint density at radius 2 is 2.19 bits per heavy atom. The minimum atomic E-state index is -1.12. The van der Waals surface area contributed by atoms with Gasteiger partial charge in [0.15, 0.2) is 17.2 Å². The van der Waals surface area contributed by atoms with Crippen LogP contribution < -0.4 is 15.2 Å². The summed E-state index contributed by atoms with van der Waals surface area (Å²) in [5, 5.41) is 3.63. The Kier molecular flexibility index (Phi) is 3.59. The number of halogens is 1. The van der Waals surface area contributed by atoms with Gasteiger partial charge >= 0.3 is 0 Å². The number of hydrogen-bond donors (Lipinski definition) is 1. The van der Waals surface area contributed by atoms with Gasteiger partial charge in [-0.25, -0.2) is 9.38 Å². The lowest BCUT2D eigenvalue weighted by Gasteiger charge is -2.41. The summed E-state index contributed by atoms with van der Waals surface area (Å²) in [7, 11) is 1.45. The number of nitrogens with zero attached hydrogens (tertiary/aromatic N) is 4. The molecule has 2 aromatic carbocycles. The molecule has 2 aliphatic heterocycles. The van der Waals surface area contributed by atoms with Crippen LogP contribution in [0.1, 0.15) is 17.5 Å². The number of amidine groups is 1. The quantitative estimate of drug-likeness (QED) is 0.500. The van der Waals surface area contributed by atoms with Crippen LogP contribution in [0, 0.1) is 5.82 Å². The van der Waals surface area contributed by atoms with Crippen LogP contribution in [0.25, 0.3) is 10.4 Å². The monoisotopic (exact) mass is 355 g/mol. The molecule has 8 nitrogen and oxygen atoms in total. The standard InChI is InChI=1S/C17H14FN5O3/c1-24-10-7-12-15(13(18)8-10)25-14-3-2-9(22-23-20)6-11(14)17(12)4-5-21-16(19)26-17/h2-3,6-8H,4-5H2,1H3,(H2,19,21)/t17-/m0/s1. The van der Waals surface area contributed by atoms with E-state index in [4.69, 9.17) is 25.5 Å². The fraction of sp³-hybridized carbons (Fsp3) is 0.235. The van der Waals surface area contributed by atoms with Gasteiger partial charge in [0, 0.05) is 40.8 Å². The number of methoxy groups -OCH3 is 1. The van der Waals surface area contributed by atoms with E-state index in [0.29, 0.717) is 41.3 Å². The van der Waals surface area contributed by atoms with E-state index in [1.165, 1.54) is 13.2 Å². The summed E-state index contributed by atoms with van der Waals surface area (Å²) >= 11 is 0. The normalized spacial score (nSPS) is 20.0. The molecule has 0 fully saturated rings. The van der Waals surface area contributed by atoms with Crippen LogP contribution in [0.5, 0.6) is 17.2 Å². The SMILES string of the molecule is COc1cc(F)c2c(c1)[C@]1(CCN=C(N)O1)c1cc(N=[N+]=[N-])ccc1O2. The van der Waals surface area contributed by atoms with Gasteiger partial charge in [-0.05, 0) is 29.8 Å². The van der Waals surface area contributed by atoms with E-state index in [1.54, 1.807) is 24.3 Å². The Bertz CT molecular complexity index is 987. The summed E-state index contributed by atoms with van der Waals surface area (Å²) in [6.45, 7) is 0.384. The summed E-state index contributed by atoms with van der Waals surface area (Å²) in [5.74, 6) is 0.189. The van der Waals surface area contributed by atoms with E-state index >= 15 is 0 Å². The maximum absolute atomic E-state index is 14.7. The number of fused-ring (bicyclic) bond motifs is 4. The van der Waals surface area contributed by atoms with E-state index < -0.39 is 11.4 Å². The van der Waals surface area contributed by atoms with Crippen molar-refractivity contribution in [3.63, 3.8) is 0 Å². The van der Waals surface area contributed by atoms with Crippen LogP contribution in [0.4, 0.5) is 10.1 Å². The Balaban J connectivity index is 2.02. The van der Waals surface area contributed by atoms with Gasteiger partial charge in [-0.2, -0.15) is 0 Å². The average molecular weight is 355 g/mol. The zero-order valence-electron chi connectivity index (χ0n) is 13.8. The third-order valence-electron chi connectivity index (χ3n) is 4.47. The van der Waals surface area contributed by atoms with Crippen LogP contribution in [-0.2, 0) is 10.3 Å². The van der Waals surface area contributed by atoms with Gasteiger partial charge in [-0.3, -0.25) is 0 Å². The number of benzene rings is 2. The highest BCUT2D eigenvalue weighted by atomic mass is 19.1. The van der Waals surface area contributed by atoms with Crippen LogP contribution in [-0.4, -0.2) is 19.7 Å². The van der Waals surface area contributed by atoms with Crippen molar-refractivity contribution in [2.24, 2.45) is 15.8 Å². The van der Waals surface area contributed by atoms with Crippen molar-refractivity contribution in [1.82, 2.24) is 0 Å². The van der Waals surface area contributed by atoms with Gasteiger partial charge in [-0.15, -0.1) is 0 Å². The predicted octanol–water partition coefficient (Wildman–Crippen LogP) is 3.86. The van der Waals surface area contributed by atoms with E-state index in [0.717, 1.165) is 0 Å². The molecule has 2 aliphatic rings. The maximum Gasteiger partial charge on any atom is 0.283 e. The zero-order valence-corrected chi connectivity index (χ0v) is 13.8. The smallest absolute Gasteiger partial charge is 0.283 e. The molecule has 132 valence electrons. The first-order valence-corrected chi connectivity index (χ1v) is 7.82. The summed E-state index contributed by atoms with van der Waals surface area (Å²) in [6.07, 6.45) is 0.406. The summed E-state index contributed by atoms with van der Waals surface area (Å²) in [4.78, 5) is 6.88. The third-order valence-corrected chi connectivity index (χ3v) is 4.47. The molecule has 4 rings (SSSR count). The number of azide groups is 1. The van der Waals surface area contributed by atoms with E-state index in [-0.39, 0.29) is 11.8 Å². The number of rotatable bonds is 2. The molecule has 2 N–H and O–H groups in total. The molecule has 2 aromatic rings. The summed E-state index contributed by atoms with van der Waals surface area (Å²) < 4.78 is 31.6. The number of aliphatic imine (C=N–C) groups is 1. The van der Waals surface area contributed by atoms with Crippen molar-refractivity contribution in [3.05, 3.63) is 57.7 Å². The molecule has 2 heterocycles. The molecule has 0 aliphatic carbocycles. The molecular weight excluding hydrogens is 341 g/mol. The molecule has 0 amide bonds. The molecular formula is C17H14FN5O3. The Hall–Kier alpha value is -3.45. The minimum Gasteiger partial charge on any atom is -0.497 e. The number of nitrogens with two attached hydrogens (primary N) is 1. The first-order chi connectivity index (χ1) is 12.6. The molecule has 0 saturated carbocycles. The van der Waals surface area contributed by atoms with Gasteiger partial charge in [0.25, 0.3) is 6.02 Å². The maximum atomic E-state index is 14.7. The van der Waals surface area contributed by atoms with Gasteiger partial charge in [-0.1, -0.05) is 5.11 Å². The molecule has 9 heteroatoms. The zero-order chi connectivity index (χ0) is 18.3. The third kappa shape index (κ3) is 2.29. The van der Waals surface area contributed by atoms with Crippen molar-refractivity contribution < 1.29 is 18.6 Å². The Morgan fingerprint density at radius 1 is 1.35 bits per heavy atom. The van der Waals surface area contributed by atoms with Crippen molar-refractivity contribution in [2.75, 3.05) is 13.7 Å². The highest BCUT2D eigenvalue weighted by Gasteiger charge is 2.47. The second-order valence-electron chi connectivity index (χ2n) is 5.86. The number of hydrogen-bond acceptors (Lipinski definition) is 6. The van der Waals surface area contributed by atoms with Crippen LogP contribution in [0.15, 0.2) is 40.4 Å². The second-order valence-corrected chi connectivity index (χ2v) is 5.86. The van der Waals surface area contributed by atoms with Crippen molar-refractivity contribution >= 4 is 11.7 Å². The lowest BCUT2D eigenvalue weighted by atomic mass is 9.79. The van der Waals surface area contributed by atoms with Crippen LogP contribution >= 0.6 is 0 Å². The molecule has 0 bridgehead atoms. The van der Waals surface area contributed by atoms with Gasteiger partial charge < -0.3 is 19.9 Å². The first-order valence-electron chi connectivity index (χ1n) is 7.82. The molecule has 1 atom stereocenters. The van der Waals surface area contributed by atoms with Crippen molar-refractivity contribution in [3.8, 4) is 17.2 Å². The van der Waals surface area contributed by atoms with E-state index in [9.17, 15) is 4.39 Å². The lowest BCUT2D eigenvalue weighted by molar-refractivity contribution is 0.0624. The molecule has 0 aromatic heterocycles. The molecule has 26 heavy (non-hydrogen) atoms. The summed E-state index contributed by atoms with van der Waals surface area (Å²) in [6, 6.07) is 7.73. The lowest BCUT2D eigenvalue weighted by Crippen LogP contribution is -2.42. The second kappa shape index (κ2) is 5.82. The van der Waals surface area contributed by atoms with Gasteiger partial charge in [0.05, 0.1) is 7.11 Å². The minimum absolute atomic E-state index is 0.00698. The highest BCUT2D eigenvalue weighted by molar-refractivity contribution is 5.75. The predicted molar refractivity (Wildman–Crippen MR) is 91.2 cm³/mol. The average Bonchev–Trinajstić information content (AvgIpc) is 2.63. The topological polar surface area (TPSA) is 115 Å². The van der Waals surface area contributed by atoms with Gasteiger partial charge in [0.2, 0.25) is 0 Å². The van der Waals surface area contributed by atoms with Crippen LogP contribution in [0.2, 0.25) is 0 Å². The fourth-order valence-electron chi connectivity index (χ4n) is 3.35. The van der Waals surface area contributed by atoms with Gasteiger partial charge in [0.1, 0.15) is 11.5 Å². The first kappa shape index (κ1) is 16.0. The van der Waals surface area contributed by atoms with Crippen molar-refractivity contribution in [1.29, 1.82) is 0 Å². The Morgan fingerprint density at radius 3 is 2.92 bits per heavy atom.